The Kier molecular flexibility index (Phi) is 3.45. The molecule has 1 aliphatic heterocycles. The minimum atomic E-state index is -0.668. The molecule has 1 N–H and O–H groups in total. The number of carbonyl (C=O) groups is 1. The highest BCUT2D eigenvalue weighted by molar-refractivity contribution is 5.83. The van der Waals surface area contributed by atoms with Gasteiger partial charge in [-0.15, -0.1) is 0 Å². The summed E-state index contributed by atoms with van der Waals surface area (Å²) in [5, 5.41) is 11.7. The molecule has 0 radical (unpaired) electrons. The molecule has 0 aliphatic carbocycles. The van der Waals surface area contributed by atoms with Gasteiger partial charge < -0.3 is 5.11 Å². The van der Waals surface area contributed by atoms with E-state index in [-0.39, 0.29) is 11.8 Å². The Bertz CT molecular complexity index is 638. The van der Waals surface area contributed by atoms with E-state index in [0.717, 1.165) is 13.1 Å². The van der Waals surface area contributed by atoms with E-state index in [0.29, 0.717) is 6.54 Å². The third-order valence-corrected chi connectivity index (χ3v) is 4.23. The maximum absolute atomic E-state index is 11.2. The number of aliphatic carboxylic acids is 1. The van der Waals surface area contributed by atoms with Gasteiger partial charge in [0.1, 0.15) is 0 Å². The number of hydrogen-bond acceptors (Lipinski definition) is 2. The van der Waals surface area contributed by atoms with Gasteiger partial charge >= 0.3 is 5.97 Å². The molecule has 1 saturated heterocycles. The third kappa shape index (κ3) is 2.54. The number of nitrogens with zero attached hydrogens (tertiary/aromatic N) is 1. The van der Waals surface area contributed by atoms with Crippen LogP contribution in [0.5, 0.6) is 0 Å². The Morgan fingerprint density at radius 2 is 1.95 bits per heavy atom. The van der Waals surface area contributed by atoms with Crippen LogP contribution in [-0.4, -0.2) is 29.1 Å². The molecule has 0 saturated carbocycles. The lowest BCUT2D eigenvalue weighted by Crippen LogP contribution is -2.23. The van der Waals surface area contributed by atoms with Crippen LogP contribution in [0.15, 0.2) is 42.5 Å². The zero-order chi connectivity index (χ0) is 14.1. The summed E-state index contributed by atoms with van der Waals surface area (Å²) in [6.45, 7) is 4.38. The zero-order valence-corrected chi connectivity index (χ0v) is 11.6. The maximum atomic E-state index is 11.2. The molecule has 20 heavy (non-hydrogen) atoms. The summed E-state index contributed by atoms with van der Waals surface area (Å²) in [4.78, 5) is 13.4. The Morgan fingerprint density at radius 1 is 1.20 bits per heavy atom. The van der Waals surface area contributed by atoms with Gasteiger partial charge in [0, 0.05) is 19.6 Å². The van der Waals surface area contributed by atoms with Crippen molar-refractivity contribution < 1.29 is 9.90 Å². The van der Waals surface area contributed by atoms with Gasteiger partial charge in [0.2, 0.25) is 0 Å². The number of carboxylic acids is 1. The number of carboxylic acid groups (broad SMARTS) is 1. The van der Waals surface area contributed by atoms with E-state index < -0.39 is 5.97 Å². The average molecular weight is 269 g/mol. The molecule has 1 fully saturated rings. The molecule has 0 amide bonds. The van der Waals surface area contributed by atoms with Crippen LogP contribution in [0.2, 0.25) is 0 Å². The molecule has 0 spiro atoms. The summed E-state index contributed by atoms with van der Waals surface area (Å²) in [5.74, 6) is -0.665. The second-order valence-corrected chi connectivity index (χ2v) is 5.80. The zero-order valence-electron chi connectivity index (χ0n) is 11.6. The fourth-order valence-corrected chi connectivity index (χ4v) is 3.11. The molecule has 0 unspecified atom stereocenters. The van der Waals surface area contributed by atoms with Crippen LogP contribution in [0.1, 0.15) is 12.5 Å². The molecule has 3 rings (SSSR count). The van der Waals surface area contributed by atoms with E-state index >= 15 is 0 Å². The molecular weight excluding hydrogens is 250 g/mol. The van der Waals surface area contributed by atoms with Gasteiger partial charge in [0.05, 0.1) is 5.92 Å². The topological polar surface area (TPSA) is 40.5 Å². The van der Waals surface area contributed by atoms with Crippen molar-refractivity contribution in [2.75, 3.05) is 13.1 Å². The van der Waals surface area contributed by atoms with Crippen molar-refractivity contribution >= 4 is 16.7 Å². The van der Waals surface area contributed by atoms with Crippen LogP contribution in [-0.2, 0) is 11.3 Å². The first-order valence-corrected chi connectivity index (χ1v) is 7.06. The number of benzene rings is 2. The second-order valence-electron chi connectivity index (χ2n) is 5.80. The molecule has 1 aliphatic rings. The van der Waals surface area contributed by atoms with E-state index in [4.69, 9.17) is 0 Å². The van der Waals surface area contributed by atoms with E-state index in [1.165, 1.54) is 16.3 Å². The van der Waals surface area contributed by atoms with Gasteiger partial charge in [-0.1, -0.05) is 43.3 Å². The van der Waals surface area contributed by atoms with Gasteiger partial charge in [0.25, 0.3) is 0 Å². The van der Waals surface area contributed by atoms with E-state index in [1.54, 1.807) is 0 Å². The molecule has 104 valence electrons. The molecule has 0 bridgehead atoms. The first-order chi connectivity index (χ1) is 9.63. The number of fused-ring (bicyclic) bond motifs is 1. The molecule has 2 aromatic rings. The average Bonchev–Trinajstić information content (AvgIpc) is 2.79. The summed E-state index contributed by atoms with van der Waals surface area (Å²) >= 11 is 0. The predicted octanol–water partition coefficient (Wildman–Crippen LogP) is 2.99. The van der Waals surface area contributed by atoms with Crippen LogP contribution in [0.4, 0.5) is 0 Å². The van der Waals surface area contributed by atoms with E-state index in [2.05, 4.69) is 35.2 Å². The standard InChI is InChI=1S/C17H19NO2/c1-12-9-18(11-16(12)17(19)20)10-13-6-7-14-4-2-3-5-15(14)8-13/h2-8,12,16H,9-11H2,1H3,(H,19,20)/t12-,16-/m1/s1. The summed E-state index contributed by atoms with van der Waals surface area (Å²) < 4.78 is 0. The van der Waals surface area contributed by atoms with Crippen LogP contribution in [0.3, 0.4) is 0 Å². The van der Waals surface area contributed by atoms with E-state index in [1.807, 2.05) is 19.1 Å². The summed E-state index contributed by atoms with van der Waals surface area (Å²) in [7, 11) is 0. The molecule has 3 nitrogen and oxygen atoms in total. The third-order valence-electron chi connectivity index (χ3n) is 4.23. The first-order valence-electron chi connectivity index (χ1n) is 7.06. The minimum absolute atomic E-state index is 0.226. The number of likely N-dealkylation sites (tertiary alicyclic amines) is 1. The SMILES string of the molecule is C[C@@H]1CN(Cc2ccc3ccccc3c2)C[C@H]1C(=O)O. The highest BCUT2D eigenvalue weighted by Gasteiger charge is 2.34. The van der Waals surface area contributed by atoms with Crippen molar-refractivity contribution in [3.05, 3.63) is 48.0 Å². The quantitative estimate of drug-likeness (QED) is 0.931. The largest absolute Gasteiger partial charge is 0.481 e. The van der Waals surface area contributed by atoms with Gasteiger partial charge in [-0.05, 0) is 28.3 Å². The highest BCUT2D eigenvalue weighted by Crippen LogP contribution is 2.25. The van der Waals surface area contributed by atoms with E-state index in [9.17, 15) is 9.90 Å². The molecule has 2 atom stereocenters. The summed E-state index contributed by atoms with van der Waals surface area (Å²) in [5.41, 5.74) is 1.25. The molecule has 3 heteroatoms. The lowest BCUT2D eigenvalue weighted by atomic mass is 9.99. The van der Waals surface area contributed by atoms with Crippen molar-refractivity contribution in [2.24, 2.45) is 11.8 Å². The first kappa shape index (κ1) is 13.1. The lowest BCUT2D eigenvalue weighted by Gasteiger charge is -2.15. The highest BCUT2D eigenvalue weighted by atomic mass is 16.4. The van der Waals surface area contributed by atoms with Gasteiger partial charge in [0.15, 0.2) is 0 Å². The maximum Gasteiger partial charge on any atom is 0.308 e. The van der Waals surface area contributed by atoms with Crippen LogP contribution < -0.4 is 0 Å². The normalized spacial score (nSPS) is 23.2. The summed E-state index contributed by atoms with van der Waals surface area (Å²) in [6.07, 6.45) is 0. The fourth-order valence-electron chi connectivity index (χ4n) is 3.11. The van der Waals surface area contributed by atoms with Crippen molar-refractivity contribution in [1.82, 2.24) is 4.90 Å². The minimum Gasteiger partial charge on any atom is -0.481 e. The van der Waals surface area contributed by atoms with Gasteiger partial charge in [-0.2, -0.15) is 0 Å². The van der Waals surface area contributed by atoms with Crippen LogP contribution >= 0.6 is 0 Å². The predicted molar refractivity (Wildman–Crippen MR) is 79.5 cm³/mol. The van der Waals surface area contributed by atoms with Crippen LogP contribution in [0, 0.1) is 11.8 Å². The van der Waals surface area contributed by atoms with Crippen molar-refractivity contribution in [2.45, 2.75) is 13.5 Å². The second kappa shape index (κ2) is 5.25. The van der Waals surface area contributed by atoms with Crippen molar-refractivity contribution in [3.8, 4) is 0 Å². The summed E-state index contributed by atoms with van der Waals surface area (Å²) in [6, 6.07) is 14.8. The lowest BCUT2D eigenvalue weighted by molar-refractivity contribution is -0.142. The van der Waals surface area contributed by atoms with Crippen LogP contribution in [0.25, 0.3) is 10.8 Å². The van der Waals surface area contributed by atoms with Crippen molar-refractivity contribution in [3.63, 3.8) is 0 Å². The van der Waals surface area contributed by atoms with Crippen molar-refractivity contribution in [1.29, 1.82) is 0 Å². The Morgan fingerprint density at radius 3 is 2.65 bits per heavy atom. The van der Waals surface area contributed by atoms with Gasteiger partial charge in [-0.3, -0.25) is 9.69 Å². The Hall–Kier alpha value is -1.87. The Labute approximate surface area is 118 Å². The molecule has 2 aromatic carbocycles. The van der Waals surface area contributed by atoms with Gasteiger partial charge in [-0.25, -0.2) is 0 Å². The Balaban J connectivity index is 1.75. The number of rotatable bonds is 3. The molecular formula is C17H19NO2. The smallest absolute Gasteiger partial charge is 0.308 e. The fraction of sp³-hybridized carbons (Fsp3) is 0.353. The molecule has 0 aromatic heterocycles. The monoisotopic (exact) mass is 269 g/mol. The molecule has 1 heterocycles. The number of hydrogen-bond donors (Lipinski definition) is 1.